The number of carbonyl (C=O) groups excluding carboxylic acids is 2. The first-order valence-corrected chi connectivity index (χ1v) is 7.36. The standard InChI is InChI=1S/C16H22N4O2/c1-12(21)16(13(2)22)18-17-14-4-6-15(7-5-14)20-10-8-19(3)9-11-20/h4-7,17H,8-11H2,1-3H3. The molecule has 1 heterocycles. The van der Waals surface area contributed by atoms with Crippen LogP contribution in [0.5, 0.6) is 0 Å². The largest absolute Gasteiger partial charge is 0.369 e. The first kappa shape index (κ1) is 16.2. The second-order valence-corrected chi connectivity index (χ2v) is 5.52. The summed E-state index contributed by atoms with van der Waals surface area (Å²) < 4.78 is 0. The van der Waals surface area contributed by atoms with E-state index >= 15 is 0 Å². The van der Waals surface area contributed by atoms with Crippen molar-refractivity contribution in [3.63, 3.8) is 0 Å². The van der Waals surface area contributed by atoms with E-state index in [1.807, 2.05) is 24.3 Å². The summed E-state index contributed by atoms with van der Waals surface area (Å²) in [7, 11) is 2.13. The van der Waals surface area contributed by atoms with E-state index in [4.69, 9.17) is 0 Å². The molecule has 0 amide bonds. The number of benzene rings is 1. The quantitative estimate of drug-likeness (QED) is 0.506. The average molecular weight is 302 g/mol. The lowest BCUT2D eigenvalue weighted by molar-refractivity contribution is -0.114. The summed E-state index contributed by atoms with van der Waals surface area (Å²) in [6, 6.07) is 7.83. The lowest BCUT2D eigenvalue weighted by Gasteiger charge is -2.34. The zero-order valence-corrected chi connectivity index (χ0v) is 13.3. The number of ketones is 2. The zero-order chi connectivity index (χ0) is 16.1. The summed E-state index contributed by atoms with van der Waals surface area (Å²) in [5, 5.41) is 3.89. The number of hydrogen-bond donors (Lipinski definition) is 1. The number of anilines is 2. The summed E-state index contributed by atoms with van der Waals surface area (Å²) in [5.74, 6) is -0.678. The molecule has 0 atom stereocenters. The Morgan fingerprint density at radius 2 is 1.55 bits per heavy atom. The molecular formula is C16H22N4O2. The predicted molar refractivity (Wildman–Crippen MR) is 88.6 cm³/mol. The Balaban J connectivity index is 2.01. The van der Waals surface area contributed by atoms with Gasteiger partial charge in [0.1, 0.15) is 0 Å². The van der Waals surface area contributed by atoms with Crippen molar-refractivity contribution in [2.24, 2.45) is 5.10 Å². The molecule has 118 valence electrons. The molecule has 0 aliphatic carbocycles. The van der Waals surface area contributed by atoms with Gasteiger partial charge in [-0.3, -0.25) is 15.0 Å². The third-order valence-corrected chi connectivity index (χ3v) is 3.70. The van der Waals surface area contributed by atoms with E-state index in [-0.39, 0.29) is 17.3 Å². The van der Waals surface area contributed by atoms with Gasteiger partial charge in [-0.15, -0.1) is 0 Å². The summed E-state index contributed by atoms with van der Waals surface area (Å²) in [6.45, 7) is 6.81. The number of carbonyl (C=O) groups is 2. The number of hydrazone groups is 1. The van der Waals surface area contributed by atoms with Crippen LogP contribution in [0.2, 0.25) is 0 Å². The van der Waals surface area contributed by atoms with Crippen LogP contribution in [0.1, 0.15) is 13.8 Å². The van der Waals surface area contributed by atoms with Crippen molar-refractivity contribution in [2.45, 2.75) is 13.8 Å². The predicted octanol–water partition coefficient (Wildman–Crippen LogP) is 1.38. The van der Waals surface area contributed by atoms with E-state index < -0.39 is 0 Å². The number of hydrogen-bond acceptors (Lipinski definition) is 6. The van der Waals surface area contributed by atoms with E-state index in [0.29, 0.717) is 0 Å². The summed E-state index contributed by atoms with van der Waals surface area (Å²) >= 11 is 0. The van der Waals surface area contributed by atoms with Gasteiger partial charge in [0.05, 0.1) is 5.69 Å². The minimum atomic E-state index is -0.339. The lowest BCUT2D eigenvalue weighted by Crippen LogP contribution is -2.44. The fourth-order valence-corrected chi connectivity index (χ4v) is 2.34. The highest BCUT2D eigenvalue weighted by molar-refractivity contribution is 6.65. The Bertz CT molecular complexity index is 556. The first-order chi connectivity index (χ1) is 10.5. The minimum Gasteiger partial charge on any atom is -0.369 e. The SMILES string of the molecule is CC(=O)C(=NNc1ccc(N2CCN(C)CC2)cc1)C(C)=O. The number of rotatable bonds is 5. The third kappa shape index (κ3) is 4.14. The van der Waals surface area contributed by atoms with Crippen LogP contribution < -0.4 is 10.3 Å². The normalized spacial score (nSPS) is 15.3. The molecule has 1 aliphatic heterocycles. The monoisotopic (exact) mass is 302 g/mol. The van der Waals surface area contributed by atoms with Crippen LogP contribution >= 0.6 is 0 Å². The van der Waals surface area contributed by atoms with Gasteiger partial charge in [-0.25, -0.2) is 0 Å². The summed E-state index contributed by atoms with van der Waals surface area (Å²) in [5.41, 5.74) is 4.61. The van der Waals surface area contributed by atoms with Crippen molar-refractivity contribution < 1.29 is 9.59 Å². The van der Waals surface area contributed by atoms with E-state index in [1.54, 1.807) is 0 Å². The van der Waals surface area contributed by atoms with Crippen molar-refractivity contribution in [1.29, 1.82) is 0 Å². The van der Waals surface area contributed by atoms with E-state index in [9.17, 15) is 9.59 Å². The Kier molecular flexibility index (Phi) is 5.27. The van der Waals surface area contributed by atoms with E-state index in [2.05, 4.69) is 27.4 Å². The maximum absolute atomic E-state index is 11.3. The van der Waals surface area contributed by atoms with Gasteiger partial charge in [0.15, 0.2) is 17.3 Å². The van der Waals surface area contributed by atoms with Crippen LogP contribution in [0.4, 0.5) is 11.4 Å². The highest BCUT2D eigenvalue weighted by Gasteiger charge is 2.14. The first-order valence-electron chi connectivity index (χ1n) is 7.36. The number of Topliss-reactive ketones (excluding diaryl/α,β-unsaturated/α-hetero) is 2. The molecule has 0 radical (unpaired) electrons. The van der Waals surface area contributed by atoms with Crippen molar-refractivity contribution in [3.05, 3.63) is 24.3 Å². The molecule has 0 spiro atoms. The Morgan fingerprint density at radius 1 is 1.00 bits per heavy atom. The van der Waals surface area contributed by atoms with Crippen LogP contribution in [-0.4, -0.2) is 55.4 Å². The van der Waals surface area contributed by atoms with Crippen LogP contribution in [-0.2, 0) is 9.59 Å². The van der Waals surface area contributed by atoms with Crippen molar-refractivity contribution >= 4 is 28.7 Å². The third-order valence-electron chi connectivity index (χ3n) is 3.70. The van der Waals surface area contributed by atoms with Crippen LogP contribution in [0.25, 0.3) is 0 Å². The molecule has 0 unspecified atom stereocenters. The number of nitrogens with one attached hydrogen (secondary N) is 1. The zero-order valence-electron chi connectivity index (χ0n) is 13.3. The molecule has 0 bridgehead atoms. The molecule has 1 aliphatic rings. The lowest BCUT2D eigenvalue weighted by atomic mass is 10.2. The molecule has 1 aromatic rings. The Morgan fingerprint density at radius 3 is 2.05 bits per heavy atom. The number of piperazine rings is 1. The van der Waals surface area contributed by atoms with Gasteiger partial charge in [-0.2, -0.15) is 5.10 Å². The molecule has 2 rings (SSSR count). The van der Waals surface area contributed by atoms with Crippen LogP contribution in [0.3, 0.4) is 0 Å². The number of nitrogens with zero attached hydrogens (tertiary/aromatic N) is 3. The van der Waals surface area contributed by atoms with Gasteiger partial charge in [-0.1, -0.05) is 0 Å². The van der Waals surface area contributed by atoms with Crippen molar-refractivity contribution in [3.8, 4) is 0 Å². The van der Waals surface area contributed by atoms with Gasteiger partial charge >= 0.3 is 0 Å². The Labute approximate surface area is 130 Å². The molecule has 1 N–H and O–H groups in total. The maximum atomic E-state index is 11.3. The molecule has 1 aromatic carbocycles. The molecular weight excluding hydrogens is 280 g/mol. The molecule has 1 saturated heterocycles. The molecule has 0 saturated carbocycles. The highest BCUT2D eigenvalue weighted by Crippen LogP contribution is 2.19. The molecule has 1 fully saturated rings. The van der Waals surface area contributed by atoms with E-state index in [0.717, 1.165) is 31.9 Å². The van der Waals surface area contributed by atoms with Gasteiger partial charge in [0.2, 0.25) is 0 Å². The van der Waals surface area contributed by atoms with E-state index in [1.165, 1.54) is 19.5 Å². The topological polar surface area (TPSA) is 65.0 Å². The van der Waals surface area contributed by atoms with Crippen molar-refractivity contribution in [1.82, 2.24) is 4.90 Å². The molecule has 6 nitrogen and oxygen atoms in total. The van der Waals surface area contributed by atoms with Gasteiger partial charge in [-0.05, 0) is 31.3 Å². The maximum Gasteiger partial charge on any atom is 0.183 e. The molecule has 22 heavy (non-hydrogen) atoms. The van der Waals surface area contributed by atoms with Crippen LogP contribution in [0, 0.1) is 0 Å². The second kappa shape index (κ2) is 7.17. The summed E-state index contributed by atoms with van der Waals surface area (Å²) in [6.07, 6.45) is 0. The highest BCUT2D eigenvalue weighted by atomic mass is 16.1. The van der Waals surface area contributed by atoms with Crippen molar-refractivity contribution in [2.75, 3.05) is 43.6 Å². The Hall–Kier alpha value is -2.21. The summed E-state index contributed by atoms with van der Waals surface area (Å²) in [4.78, 5) is 27.2. The van der Waals surface area contributed by atoms with Gasteiger partial charge in [0.25, 0.3) is 0 Å². The van der Waals surface area contributed by atoms with Gasteiger partial charge in [0, 0.05) is 45.7 Å². The molecule has 0 aromatic heterocycles. The smallest absolute Gasteiger partial charge is 0.183 e. The fraction of sp³-hybridized carbons (Fsp3) is 0.438. The van der Waals surface area contributed by atoms with Gasteiger partial charge < -0.3 is 9.80 Å². The second-order valence-electron chi connectivity index (χ2n) is 5.52. The minimum absolute atomic E-state index is 0.0665. The fourth-order valence-electron chi connectivity index (χ4n) is 2.34. The molecule has 6 heteroatoms. The van der Waals surface area contributed by atoms with Crippen LogP contribution in [0.15, 0.2) is 29.4 Å². The number of likely N-dealkylation sites (N-methyl/N-ethyl adjacent to an activating group) is 1. The average Bonchev–Trinajstić information content (AvgIpc) is 2.48.